The number of carbonyl (C=O) groups excluding carboxylic acids is 1. The van der Waals surface area contributed by atoms with Crippen LogP contribution in [0.5, 0.6) is 0 Å². The topological polar surface area (TPSA) is 46.3 Å². The van der Waals surface area contributed by atoms with Gasteiger partial charge in [-0.05, 0) is 37.1 Å². The Hall–Kier alpha value is -2.66. The van der Waals surface area contributed by atoms with E-state index >= 15 is 0 Å². The molecule has 0 atom stereocenters. The Morgan fingerprint density at radius 3 is 2.65 bits per heavy atom. The highest BCUT2D eigenvalue weighted by atomic mass is 32.1. The van der Waals surface area contributed by atoms with Crippen molar-refractivity contribution in [2.45, 2.75) is 18.8 Å². The largest absolute Gasteiger partial charge is 0.451 e. The zero-order valence-corrected chi connectivity index (χ0v) is 15.0. The van der Waals surface area contributed by atoms with Crippen LogP contribution in [-0.4, -0.2) is 28.9 Å². The molecule has 4 nitrogen and oxygen atoms in total. The van der Waals surface area contributed by atoms with Crippen LogP contribution >= 0.6 is 11.3 Å². The first-order valence-electron chi connectivity index (χ1n) is 8.91. The number of aromatic nitrogens is 1. The van der Waals surface area contributed by atoms with Crippen molar-refractivity contribution in [3.05, 3.63) is 65.4 Å². The summed E-state index contributed by atoms with van der Waals surface area (Å²) in [6.07, 6.45) is 1.90. The Labute approximate surface area is 155 Å². The van der Waals surface area contributed by atoms with Gasteiger partial charge >= 0.3 is 0 Å². The molecule has 2 aromatic heterocycles. The number of fused-ring (bicyclic) bond motifs is 2. The van der Waals surface area contributed by atoms with Gasteiger partial charge in [-0.2, -0.15) is 0 Å². The highest BCUT2D eigenvalue weighted by Crippen LogP contribution is 2.34. The van der Waals surface area contributed by atoms with E-state index in [0.29, 0.717) is 11.7 Å². The van der Waals surface area contributed by atoms with Crippen LogP contribution in [-0.2, 0) is 0 Å². The van der Waals surface area contributed by atoms with Gasteiger partial charge in [0.25, 0.3) is 5.91 Å². The van der Waals surface area contributed by atoms with E-state index in [1.165, 1.54) is 9.71 Å². The SMILES string of the molecule is O=C(c1cc2ccccc2o1)N1CCC(c2nc3ccccc3s2)CC1. The Balaban J connectivity index is 1.31. The summed E-state index contributed by atoms with van der Waals surface area (Å²) in [4.78, 5) is 19.5. The fourth-order valence-electron chi connectivity index (χ4n) is 3.64. The fraction of sp³-hybridized carbons (Fsp3) is 0.238. The first-order valence-corrected chi connectivity index (χ1v) is 9.73. The van der Waals surface area contributed by atoms with Crippen molar-refractivity contribution in [2.24, 2.45) is 0 Å². The fourth-order valence-corrected chi connectivity index (χ4v) is 4.77. The van der Waals surface area contributed by atoms with Crippen molar-refractivity contribution in [3.8, 4) is 0 Å². The van der Waals surface area contributed by atoms with Crippen LogP contribution in [0.15, 0.2) is 59.0 Å². The maximum absolute atomic E-state index is 12.8. The number of piperidine rings is 1. The second kappa shape index (κ2) is 6.25. The van der Waals surface area contributed by atoms with Gasteiger partial charge in [0.05, 0.1) is 15.2 Å². The molecule has 0 unspecified atom stereocenters. The zero-order chi connectivity index (χ0) is 17.5. The number of para-hydroxylation sites is 2. The average molecular weight is 362 g/mol. The van der Waals surface area contributed by atoms with Gasteiger partial charge in [0.2, 0.25) is 0 Å². The lowest BCUT2D eigenvalue weighted by Gasteiger charge is -2.30. The molecular formula is C21H18N2O2S. The molecule has 1 saturated heterocycles. The molecule has 5 rings (SSSR count). The van der Waals surface area contributed by atoms with Crippen LogP contribution in [0.2, 0.25) is 0 Å². The molecule has 1 fully saturated rings. The second-order valence-corrected chi connectivity index (χ2v) is 7.80. The summed E-state index contributed by atoms with van der Waals surface area (Å²) in [5.74, 6) is 0.862. The quantitative estimate of drug-likeness (QED) is 0.500. The number of hydrogen-bond donors (Lipinski definition) is 0. The van der Waals surface area contributed by atoms with Gasteiger partial charge in [0.1, 0.15) is 5.58 Å². The summed E-state index contributed by atoms with van der Waals surface area (Å²) in [7, 11) is 0. The Kier molecular flexibility index (Phi) is 3.75. The van der Waals surface area contributed by atoms with E-state index < -0.39 is 0 Å². The highest BCUT2D eigenvalue weighted by molar-refractivity contribution is 7.18. The van der Waals surface area contributed by atoms with E-state index in [2.05, 4.69) is 18.2 Å². The van der Waals surface area contributed by atoms with Crippen molar-refractivity contribution in [1.82, 2.24) is 9.88 Å². The van der Waals surface area contributed by atoms with Gasteiger partial charge in [-0.3, -0.25) is 4.79 Å². The van der Waals surface area contributed by atoms with E-state index in [1.807, 2.05) is 41.3 Å². The van der Waals surface area contributed by atoms with Crippen molar-refractivity contribution < 1.29 is 9.21 Å². The molecule has 0 N–H and O–H groups in total. The van der Waals surface area contributed by atoms with Gasteiger partial charge in [-0.1, -0.05) is 30.3 Å². The summed E-state index contributed by atoms with van der Waals surface area (Å²) in [5.41, 5.74) is 1.84. The number of thiazole rings is 1. The summed E-state index contributed by atoms with van der Waals surface area (Å²) in [6, 6.07) is 17.8. The van der Waals surface area contributed by atoms with Crippen LogP contribution in [0, 0.1) is 0 Å². The van der Waals surface area contributed by atoms with Crippen molar-refractivity contribution in [3.63, 3.8) is 0 Å². The van der Waals surface area contributed by atoms with Crippen molar-refractivity contribution >= 4 is 38.4 Å². The van der Waals surface area contributed by atoms with Gasteiger partial charge in [0.15, 0.2) is 5.76 Å². The number of furan rings is 1. The van der Waals surface area contributed by atoms with Gasteiger partial charge in [0, 0.05) is 24.4 Å². The molecule has 1 aliphatic rings. The molecule has 1 aliphatic heterocycles. The molecule has 1 amide bonds. The van der Waals surface area contributed by atoms with E-state index in [4.69, 9.17) is 9.40 Å². The Morgan fingerprint density at radius 1 is 1.08 bits per heavy atom. The van der Waals surface area contributed by atoms with Gasteiger partial charge in [-0.15, -0.1) is 11.3 Å². The number of likely N-dealkylation sites (tertiary alicyclic amines) is 1. The summed E-state index contributed by atoms with van der Waals surface area (Å²) in [6.45, 7) is 1.49. The first-order chi connectivity index (χ1) is 12.8. The molecule has 130 valence electrons. The standard InChI is InChI=1S/C21H18N2O2S/c24-21(18-13-15-5-1-3-7-17(15)25-18)23-11-9-14(10-12-23)20-22-16-6-2-4-8-19(16)26-20/h1-8,13-14H,9-12H2. The number of carbonyl (C=O) groups is 1. The molecule has 26 heavy (non-hydrogen) atoms. The highest BCUT2D eigenvalue weighted by Gasteiger charge is 2.28. The van der Waals surface area contributed by atoms with E-state index in [9.17, 15) is 4.79 Å². The minimum Gasteiger partial charge on any atom is -0.451 e. The Bertz CT molecular complexity index is 1020. The van der Waals surface area contributed by atoms with Crippen LogP contribution < -0.4 is 0 Å². The Morgan fingerprint density at radius 2 is 1.85 bits per heavy atom. The van der Waals surface area contributed by atoms with E-state index in [-0.39, 0.29) is 5.91 Å². The number of amides is 1. The second-order valence-electron chi connectivity index (χ2n) is 6.73. The average Bonchev–Trinajstić information content (AvgIpc) is 3.31. The lowest BCUT2D eigenvalue weighted by Crippen LogP contribution is -2.37. The predicted molar refractivity (Wildman–Crippen MR) is 104 cm³/mol. The minimum atomic E-state index is -0.0102. The van der Waals surface area contributed by atoms with Crippen LogP contribution in [0.4, 0.5) is 0 Å². The molecule has 4 aromatic rings. The lowest BCUT2D eigenvalue weighted by molar-refractivity contribution is 0.0683. The van der Waals surface area contributed by atoms with Crippen LogP contribution in [0.25, 0.3) is 21.2 Å². The van der Waals surface area contributed by atoms with E-state index in [1.54, 1.807) is 11.3 Å². The number of nitrogens with zero attached hydrogens (tertiary/aromatic N) is 2. The molecule has 0 spiro atoms. The van der Waals surface area contributed by atoms with Gasteiger partial charge < -0.3 is 9.32 Å². The van der Waals surface area contributed by atoms with Crippen molar-refractivity contribution in [2.75, 3.05) is 13.1 Å². The third kappa shape index (κ3) is 2.69. The molecule has 3 heterocycles. The van der Waals surface area contributed by atoms with Crippen LogP contribution in [0.3, 0.4) is 0 Å². The van der Waals surface area contributed by atoms with Crippen molar-refractivity contribution in [1.29, 1.82) is 0 Å². The summed E-state index contributed by atoms with van der Waals surface area (Å²) in [5, 5.41) is 2.17. The first kappa shape index (κ1) is 15.6. The molecule has 0 saturated carbocycles. The summed E-state index contributed by atoms with van der Waals surface area (Å²) >= 11 is 1.78. The third-order valence-corrected chi connectivity index (χ3v) is 6.28. The number of rotatable bonds is 2. The number of hydrogen-bond acceptors (Lipinski definition) is 4. The molecular weight excluding hydrogens is 344 g/mol. The predicted octanol–water partition coefficient (Wildman–Crippen LogP) is 5.06. The molecule has 0 radical (unpaired) electrons. The minimum absolute atomic E-state index is 0.0102. The molecule has 0 aliphatic carbocycles. The van der Waals surface area contributed by atoms with Crippen LogP contribution in [0.1, 0.15) is 34.3 Å². The normalized spacial score (nSPS) is 15.8. The third-order valence-electron chi connectivity index (χ3n) is 5.08. The van der Waals surface area contributed by atoms with Gasteiger partial charge in [-0.25, -0.2) is 4.98 Å². The van der Waals surface area contributed by atoms with E-state index in [0.717, 1.165) is 42.4 Å². The monoisotopic (exact) mass is 362 g/mol. The number of benzene rings is 2. The maximum Gasteiger partial charge on any atom is 0.289 e. The lowest BCUT2D eigenvalue weighted by atomic mass is 9.97. The smallest absolute Gasteiger partial charge is 0.289 e. The summed E-state index contributed by atoms with van der Waals surface area (Å²) < 4.78 is 6.97. The molecule has 5 heteroatoms. The molecule has 0 bridgehead atoms. The zero-order valence-electron chi connectivity index (χ0n) is 14.2. The molecule has 2 aromatic carbocycles. The maximum atomic E-state index is 12.8.